The molecule has 1 fully saturated rings. The number of ether oxygens (including phenoxy) is 1. The van der Waals surface area contributed by atoms with Gasteiger partial charge in [-0.3, -0.25) is 9.69 Å². The quantitative estimate of drug-likeness (QED) is 0.774. The van der Waals surface area contributed by atoms with Crippen LogP contribution in [0.15, 0.2) is 24.3 Å². The van der Waals surface area contributed by atoms with Gasteiger partial charge in [0.25, 0.3) is 0 Å². The Morgan fingerprint density at radius 1 is 1.07 bits per heavy atom. The van der Waals surface area contributed by atoms with Crippen LogP contribution in [0.25, 0.3) is 11.0 Å². The first-order valence-corrected chi connectivity index (χ1v) is 9.58. The van der Waals surface area contributed by atoms with Crippen LogP contribution in [-0.4, -0.2) is 51.7 Å². The number of carbonyl (C=O) groups is 2. The summed E-state index contributed by atoms with van der Waals surface area (Å²) in [5.74, 6) is 0.790. The molecule has 0 saturated carbocycles. The molecule has 7 nitrogen and oxygen atoms in total. The maximum Gasteiger partial charge on any atom is 0.410 e. The maximum atomic E-state index is 13.1. The summed E-state index contributed by atoms with van der Waals surface area (Å²) in [7, 11) is 0. The third-order valence-electron chi connectivity index (χ3n) is 5.18. The van der Waals surface area contributed by atoms with Crippen molar-refractivity contribution in [2.24, 2.45) is 5.92 Å². The summed E-state index contributed by atoms with van der Waals surface area (Å²) in [6, 6.07) is 7.97. The molecule has 27 heavy (non-hydrogen) atoms. The number of fused-ring (bicyclic) bond motifs is 3. The number of rotatable bonds is 1. The van der Waals surface area contributed by atoms with E-state index in [0.717, 1.165) is 23.5 Å². The van der Waals surface area contributed by atoms with Gasteiger partial charge in [0.15, 0.2) is 0 Å². The van der Waals surface area contributed by atoms with E-state index in [1.807, 2.05) is 49.9 Å². The minimum absolute atomic E-state index is 0.0740. The Balaban J connectivity index is 1.42. The van der Waals surface area contributed by atoms with Crippen molar-refractivity contribution < 1.29 is 14.3 Å². The van der Waals surface area contributed by atoms with Gasteiger partial charge in [-0.1, -0.05) is 12.1 Å². The molecule has 1 saturated heterocycles. The fraction of sp³-hybridized carbons (Fsp3) is 0.550. The predicted octanol–water partition coefficient (Wildman–Crippen LogP) is 3.03. The third-order valence-corrected chi connectivity index (χ3v) is 5.18. The number of nitrogens with zero attached hydrogens (tertiary/aromatic N) is 4. The van der Waals surface area contributed by atoms with Gasteiger partial charge < -0.3 is 14.2 Å². The maximum absolute atomic E-state index is 13.1. The highest BCUT2D eigenvalue weighted by Gasteiger charge is 2.36. The molecule has 0 aliphatic carbocycles. The van der Waals surface area contributed by atoms with Crippen LogP contribution >= 0.6 is 0 Å². The Hall–Kier alpha value is -2.57. The van der Waals surface area contributed by atoms with Crippen molar-refractivity contribution in [2.45, 2.75) is 45.8 Å². The number of carbonyl (C=O) groups excluding carboxylic acids is 2. The molecule has 0 spiro atoms. The number of hydrogen-bond donors (Lipinski definition) is 0. The number of benzene rings is 1. The van der Waals surface area contributed by atoms with E-state index in [9.17, 15) is 9.59 Å². The fourth-order valence-corrected chi connectivity index (χ4v) is 3.85. The monoisotopic (exact) mass is 370 g/mol. The summed E-state index contributed by atoms with van der Waals surface area (Å²) in [5.41, 5.74) is 1.49. The van der Waals surface area contributed by atoms with Crippen LogP contribution in [0.5, 0.6) is 0 Å². The Kier molecular flexibility index (Phi) is 4.32. The number of hydrogen-bond acceptors (Lipinski definition) is 4. The zero-order valence-corrected chi connectivity index (χ0v) is 16.1. The van der Waals surface area contributed by atoms with E-state index in [1.54, 1.807) is 4.90 Å². The summed E-state index contributed by atoms with van der Waals surface area (Å²) in [5, 5.41) is 0. The number of amides is 2. The molecule has 0 bridgehead atoms. The molecule has 1 aromatic heterocycles. The molecule has 7 heteroatoms. The highest BCUT2D eigenvalue weighted by atomic mass is 16.6. The first kappa shape index (κ1) is 17.8. The fourth-order valence-electron chi connectivity index (χ4n) is 3.85. The van der Waals surface area contributed by atoms with Crippen LogP contribution in [0, 0.1) is 5.92 Å². The van der Waals surface area contributed by atoms with E-state index in [0.29, 0.717) is 32.5 Å². The summed E-state index contributed by atoms with van der Waals surface area (Å²) in [6.07, 6.45) is 1.03. The average Bonchev–Trinajstić information content (AvgIpc) is 3.19. The van der Waals surface area contributed by atoms with Gasteiger partial charge in [0.1, 0.15) is 5.60 Å². The van der Waals surface area contributed by atoms with Gasteiger partial charge in [0.2, 0.25) is 11.9 Å². The first-order valence-electron chi connectivity index (χ1n) is 9.58. The Morgan fingerprint density at radius 3 is 2.48 bits per heavy atom. The lowest BCUT2D eigenvalue weighted by molar-refractivity contribution is -0.123. The Bertz CT molecular complexity index is 875. The number of aromatic nitrogens is 2. The van der Waals surface area contributed by atoms with Gasteiger partial charge in [-0.15, -0.1) is 0 Å². The topological polar surface area (TPSA) is 67.7 Å². The van der Waals surface area contributed by atoms with Crippen LogP contribution in [0.2, 0.25) is 0 Å². The molecule has 0 unspecified atom stereocenters. The van der Waals surface area contributed by atoms with E-state index < -0.39 is 5.60 Å². The SMILES string of the molecule is CC(C)(C)OC(=O)N1CCC(C(=O)N2CCn3c2nc2ccccc23)CC1. The predicted molar refractivity (Wildman–Crippen MR) is 103 cm³/mol. The second-order valence-electron chi connectivity index (χ2n) is 8.28. The van der Waals surface area contributed by atoms with Crippen molar-refractivity contribution in [1.82, 2.24) is 14.5 Å². The smallest absolute Gasteiger partial charge is 0.410 e. The Morgan fingerprint density at radius 2 is 1.78 bits per heavy atom. The molecule has 1 aromatic carbocycles. The van der Waals surface area contributed by atoms with Crippen LogP contribution < -0.4 is 4.90 Å². The molecule has 4 rings (SSSR count). The van der Waals surface area contributed by atoms with Crippen molar-refractivity contribution in [2.75, 3.05) is 24.5 Å². The molecule has 0 atom stereocenters. The van der Waals surface area contributed by atoms with E-state index in [-0.39, 0.29) is 17.9 Å². The highest BCUT2D eigenvalue weighted by molar-refractivity contribution is 5.96. The number of anilines is 1. The van der Waals surface area contributed by atoms with Crippen molar-refractivity contribution >= 4 is 29.0 Å². The van der Waals surface area contributed by atoms with E-state index in [2.05, 4.69) is 9.55 Å². The van der Waals surface area contributed by atoms with E-state index in [1.165, 1.54) is 0 Å². The standard InChI is InChI=1S/C20H26N4O3/c1-20(2,3)27-19(26)22-10-8-14(9-11-22)17(25)24-13-12-23-16-7-5-4-6-15(16)21-18(23)24/h4-7,14H,8-13H2,1-3H3. The normalized spacial score (nSPS) is 18.0. The number of piperidine rings is 1. The molecule has 2 amide bonds. The third kappa shape index (κ3) is 3.38. The van der Waals surface area contributed by atoms with Gasteiger partial charge in [0, 0.05) is 32.1 Å². The molecule has 2 aromatic rings. The van der Waals surface area contributed by atoms with E-state index >= 15 is 0 Å². The zero-order valence-electron chi connectivity index (χ0n) is 16.1. The highest BCUT2D eigenvalue weighted by Crippen LogP contribution is 2.30. The summed E-state index contributed by atoms with van der Waals surface area (Å²) >= 11 is 0. The second kappa shape index (κ2) is 6.55. The molecule has 0 N–H and O–H groups in total. The minimum atomic E-state index is -0.502. The number of imidazole rings is 1. The van der Waals surface area contributed by atoms with Crippen molar-refractivity contribution in [3.8, 4) is 0 Å². The van der Waals surface area contributed by atoms with Gasteiger partial charge in [-0.2, -0.15) is 0 Å². The second-order valence-corrected chi connectivity index (χ2v) is 8.28. The summed E-state index contributed by atoms with van der Waals surface area (Å²) in [4.78, 5) is 33.5. The van der Waals surface area contributed by atoms with Crippen molar-refractivity contribution in [1.29, 1.82) is 0 Å². The van der Waals surface area contributed by atoms with Crippen molar-refractivity contribution in [3.63, 3.8) is 0 Å². The van der Waals surface area contributed by atoms with Crippen LogP contribution in [0.1, 0.15) is 33.6 Å². The lowest BCUT2D eigenvalue weighted by Gasteiger charge is -2.33. The number of para-hydroxylation sites is 2. The van der Waals surface area contributed by atoms with Crippen molar-refractivity contribution in [3.05, 3.63) is 24.3 Å². The number of likely N-dealkylation sites (tertiary alicyclic amines) is 1. The molecule has 2 aliphatic rings. The van der Waals surface area contributed by atoms with E-state index in [4.69, 9.17) is 4.74 Å². The lowest BCUT2D eigenvalue weighted by atomic mass is 9.95. The molecular weight excluding hydrogens is 344 g/mol. The van der Waals surface area contributed by atoms with Gasteiger partial charge in [0.05, 0.1) is 11.0 Å². The van der Waals surface area contributed by atoms with Crippen LogP contribution in [0.3, 0.4) is 0 Å². The molecule has 3 heterocycles. The molecule has 144 valence electrons. The Labute approximate surface area is 158 Å². The first-order chi connectivity index (χ1) is 12.8. The van der Waals surface area contributed by atoms with Crippen LogP contribution in [-0.2, 0) is 16.1 Å². The van der Waals surface area contributed by atoms with Gasteiger partial charge in [-0.25, -0.2) is 9.78 Å². The zero-order chi connectivity index (χ0) is 19.2. The largest absolute Gasteiger partial charge is 0.444 e. The van der Waals surface area contributed by atoms with Gasteiger partial charge >= 0.3 is 6.09 Å². The lowest BCUT2D eigenvalue weighted by Crippen LogP contribution is -2.45. The van der Waals surface area contributed by atoms with Gasteiger partial charge in [-0.05, 0) is 45.7 Å². The molecule has 2 aliphatic heterocycles. The summed E-state index contributed by atoms with van der Waals surface area (Å²) in [6.45, 7) is 8.13. The minimum Gasteiger partial charge on any atom is -0.444 e. The summed E-state index contributed by atoms with van der Waals surface area (Å²) < 4.78 is 7.55. The average molecular weight is 370 g/mol. The molecular formula is C20H26N4O3. The van der Waals surface area contributed by atoms with Crippen LogP contribution in [0.4, 0.5) is 10.7 Å². The molecule has 0 radical (unpaired) electrons.